The van der Waals surface area contributed by atoms with Gasteiger partial charge in [-0.05, 0) is 25.0 Å². The molecule has 19 heavy (non-hydrogen) atoms. The Bertz CT molecular complexity index is 532. The Labute approximate surface area is 118 Å². The van der Waals surface area contributed by atoms with E-state index in [1.54, 1.807) is 0 Å². The molecule has 0 amide bonds. The Morgan fingerprint density at radius 1 is 1.37 bits per heavy atom. The zero-order valence-corrected chi connectivity index (χ0v) is 12.2. The van der Waals surface area contributed by atoms with Crippen LogP contribution in [0.25, 0.3) is 0 Å². The second kappa shape index (κ2) is 5.75. The lowest BCUT2D eigenvalue weighted by atomic mass is 9.93. The van der Waals surface area contributed by atoms with E-state index in [-0.39, 0.29) is 16.1 Å². The van der Waals surface area contributed by atoms with Crippen molar-refractivity contribution in [1.29, 1.82) is 0 Å². The quantitative estimate of drug-likeness (QED) is 0.862. The van der Waals surface area contributed by atoms with E-state index >= 15 is 0 Å². The van der Waals surface area contributed by atoms with Gasteiger partial charge in [0.2, 0.25) is 10.0 Å². The van der Waals surface area contributed by atoms with Gasteiger partial charge in [0.05, 0.1) is 12.1 Å². The fourth-order valence-corrected chi connectivity index (χ4v) is 3.85. The maximum Gasteiger partial charge on any atom is 0.244 e. The monoisotopic (exact) mass is 304 g/mol. The van der Waals surface area contributed by atoms with E-state index in [2.05, 4.69) is 4.98 Å². The molecular weight excluding hydrogens is 288 g/mol. The van der Waals surface area contributed by atoms with Crippen LogP contribution in [0, 0.1) is 0 Å². The molecule has 1 heterocycles. The van der Waals surface area contributed by atoms with Gasteiger partial charge in [-0.3, -0.25) is 0 Å². The van der Waals surface area contributed by atoms with Gasteiger partial charge in [0.1, 0.15) is 10.0 Å². The van der Waals surface area contributed by atoms with Gasteiger partial charge in [-0.1, -0.05) is 24.4 Å². The molecule has 2 rings (SSSR count). The summed E-state index contributed by atoms with van der Waals surface area (Å²) < 4.78 is 26.1. The minimum Gasteiger partial charge on any atom is -0.391 e. The number of aliphatic hydroxyl groups is 1. The lowest BCUT2D eigenvalue weighted by Gasteiger charge is -2.34. The summed E-state index contributed by atoms with van der Waals surface area (Å²) in [7, 11) is -2.13. The summed E-state index contributed by atoms with van der Waals surface area (Å²) in [5.41, 5.74) is 0. The fourth-order valence-electron chi connectivity index (χ4n) is 2.38. The molecule has 0 radical (unpaired) electrons. The third-order valence-electron chi connectivity index (χ3n) is 3.54. The summed E-state index contributed by atoms with van der Waals surface area (Å²) in [5.74, 6) is 0. The van der Waals surface area contributed by atoms with E-state index in [0.29, 0.717) is 12.8 Å². The predicted octanol–water partition coefficient (Wildman–Crippen LogP) is 1.66. The van der Waals surface area contributed by atoms with Gasteiger partial charge in [0.15, 0.2) is 0 Å². The van der Waals surface area contributed by atoms with Gasteiger partial charge in [-0.15, -0.1) is 0 Å². The maximum absolute atomic E-state index is 12.4. The minimum atomic E-state index is -3.64. The van der Waals surface area contributed by atoms with E-state index in [4.69, 9.17) is 11.6 Å². The van der Waals surface area contributed by atoms with Crippen LogP contribution >= 0.6 is 11.6 Å². The lowest BCUT2D eigenvalue weighted by molar-refractivity contribution is 0.0638. The van der Waals surface area contributed by atoms with Gasteiger partial charge >= 0.3 is 0 Å². The highest BCUT2D eigenvalue weighted by Crippen LogP contribution is 2.26. The first-order valence-corrected chi connectivity index (χ1v) is 8.02. The SMILES string of the molecule is CN(C1CCCCC1O)S(=O)(=O)c1ccc(Cl)nc1. The predicted molar refractivity (Wildman–Crippen MR) is 72.5 cm³/mol. The van der Waals surface area contributed by atoms with E-state index in [1.807, 2.05) is 0 Å². The topological polar surface area (TPSA) is 70.5 Å². The van der Waals surface area contributed by atoms with Crippen LogP contribution in [0.5, 0.6) is 0 Å². The summed E-state index contributed by atoms with van der Waals surface area (Å²) in [6, 6.07) is 2.50. The second-order valence-corrected chi connectivity index (χ2v) is 7.14. The third kappa shape index (κ3) is 3.08. The zero-order valence-electron chi connectivity index (χ0n) is 10.7. The van der Waals surface area contributed by atoms with Crippen LogP contribution in [0.2, 0.25) is 5.15 Å². The molecule has 7 heteroatoms. The van der Waals surface area contributed by atoms with Crippen LogP contribution in [0.15, 0.2) is 23.2 Å². The Hall–Kier alpha value is -0.690. The lowest BCUT2D eigenvalue weighted by Crippen LogP contribution is -2.46. The highest BCUT2D eigenvalue weighted by Gasteiger charge is 2.34. The number of hydrogen-bond acceptors (Lipinski definition) is 4. The number of aliphatic hydroxyl groups excluding tert-OH is 1. The first-order chi connectivity index (χ1) is 8.93. The molecular formula is C12H17ClN2O3S. The normalized spacial score (nSPS) is 24.6. The second-order valence-electron chi connectivity index (χ2n) is 4.76. The smallest absolute Gasteiger partial charge is 0.244 e. The Morgan fingerprint density at radius 2 is 2.05 bits per heavy atom. The molecule has 0 spiro atoms. The average Bonchev–Trinajstić information content (AvgIpc) is 2.39. The minimum absolute atomic E-state index is 0.0946. The molecule has 1 saturated carbocycles. The van der Waals surface area contributed by atoms with Crippen LogP contribution in [0.3, 0.4) is 0 Å². The van der Waals surface area contributed by atoms with Crippen LogP contribution < -0.4 is 0 Å². The number of nitrogens with zero attached hydrogens (tertiary/aromatic N) is 2. The number of halogens is 1. The molecule has 0 aromatic carbocycles. The van der Waals surface area contributed by atoms with E-state index < -0.39 is 16.1 Å². The van der Waals surface area contributed by atoms with Crippen molar-refractivity contribution in [3.63, 3.8) is 0 Å². The molecule has 1 aromatic heterocycles. The molecule has 2 atom stereocenters. The van der Waals surface area contributed by atoms with Crippen LogP contribution in [-0.2, 0) is 10.0 Å². The van der Waals surface area contributed by atoms with Crippen molar-refractivity contribution in [2.24, 2.45) is 0 Å². The summed E-state index contributed by atoms with van der Waals surface area (Å²) in [6.07, 6.45) is 3.83. The molecule has 2 unspecified atom stereocenters. The molecule has 1 fully saturated rings. The van der Waals surface area contributed by atoms with Crippen molar-refractivity contribution >= 4 is 21.6 Å². The third-order valence-corrected chi connectivity index (χ3v) is 5.63. The molecule has 106 valence electrons. The van der Waals surface area contributed by atoms with Crippen LogP contribution in [0.4, 0.5) is 0 Å². The summed E-state index contributed by atoms with van der Waals surface area (Å²) in [4.78, 5) is 3.88. The first-order valence-electron chi connectivity index (χ1n) is 6.20. The Morgan fingerprint density at radius 3 is 2.63 bits per heavy atom. The molecule has 1 N–H and O–H groups in total. The number of pyridine rings is 1. The highest BCUT2D eigenvalue weighted by molar-refractivity contribution is 7.89. The fraction of sp³-hybridized carbons (Fsp3) is 0.583. The number of rotatable bonds is 3. The van der Waals surface area contributed by atoms with Gasteiger partial charge in [0.25, 0.3) is 0 Å². The number of aromatic nitrogens is 1. The summed E-state index contributed by atoms with van der Waals surface area (Å²) >= 11 is 5.65. The zero-order chi connectivity index (χ0) is 14.0. The first kappa shape index (κ1) is 14.7. The van der Waals surface area contributed by atoms with Gasteiger partial charge in [-0.2, -0.15) is 4.31 Å². The maximum atomic E-state index is 12.4. The molecule has 0 aliphatic heterocycles. The van der Waals surface area contributed by atoms with E-state index in [1.165, 1.54) is 29.7 Å². The molecule has 1 aliphatic carbocycles. The van der Waals surface area contributed by atoms with Crippen molar-refractivity contribution in [2.45, 2.75) is 42.7 Å². The van der Waals surface area contributed by atoms with Gasteiger partial charge < -0.3 is 5.11 Å². The van der Waals surface area contributed by atoms with Crippen molar-refractivity contribution in [3.05, 3.63) is 23.5 Å². The number of hydrogen-bond donors (Lipinski definition) is 1. The van der Waals surface area contributed by atoms with Crippen LogP contribution in [-0.4, -0.2) is 42.0 Å². The van der Waals surface area contributed by atoms with Crippen molar-refractivity contribution in [2.75, 3.05) is 7.05 Å². The van der Waals surface area contributed by atoms with Crippen molar-refractivity contribution in [3.8, 4) is 0 Å². The molecule has 1 aromatic rings. The van der Waals surface area contributed by atoms with E-state index in [0.717, 1.165) is 12.8 Å². The number of sulfonamides is 1. The largest absolute Gasteiger partial charge is 0.391 e. The van der Waals surface area contributed by atoms with Gasteiger partial charge in [0, 0.05) is 13.2 Å². The van der Waals surface area contributed by atoms with Crippen molar-refractivity contribution < 1.29 is 13.5 Å². The summed E-state index contributed by atoms with van der Waals surface area (Å²) in [6.45, 7) is 0. The molecule has 0 bridgehead atoms. The summed E-state index contributed by atoms with van der Waals surface area (Å²) in [5, 5.41) is 10.2. The van der Waals surface area contributed by atoms with Gasteiger partial charge in [-0.25, -0.2) is 13.4 Å². The Balaban J connectivity index is 2.25. The van der Waals surface area contributed by atoms with Crippen LogP contribution in [0.1, 0.15) is 25.7 Å². The van der Waals surface area contributed by atoms with E-state index in [9.17, 15) is 13.5 Å². The molecule has 1 aliphatic rings. The molecule has 5 nitrogen and oxygen atoms in total. The Kier molecular flexibility index (Phi) is 4.45. The highest BCUT2D eigenvalue weighted by atomic mass is 35.5. The number of likely N-dealkylation sites (N-methyl/N-ethyl adjacent to an activating group) is 1. The molecule has 0 saturated heterocycles. The average molecular weight is 305 g/mol. The standard InChI is InChI=1S/C12H17ClN2O3S/c1-15(10-4-2-3-5-11(10)16)19(17,18)9-6-7-12(13)14-8-9/h6-8,10-11,16H,2-5H2,1H3. The van der Waals surface area contributed by atoms with Crippen molar-refractivity contribution in [1.82, 2.24) is 9.29 Å².